The maximum Gasteiger partial charge on any atom is 0.265 e. The number of nitrogens with two attached hydrogens (primary N) is 1. The van der Waals surface area contributed by atoms with Crippen LogP contribution in [-0.2, 0) is 0 Å². The van der Waals surface area contributed by atoms with Crippen LogP contribution in [0.15, 0.2) is 29.6 Å². The summed E-state index contributed by atoms with van der Waals surface area (Å²) in [6.45, 7) is 0. The number of nitrogens with zero attached hydrogens (tertiary/aromatic N) is 1. The molecule has 1 heterocycles. The first kappa shape index (κ1) is 12.9. The molecule has 3 N–H and O–H groups in total. The Hall–Kier alpha value is -2.52. The van der Waals surface area contributed by atoms with Gasteiger partial charge in [-0.25, -0.2) is 0 Å². The van der Waals surface area contributed by atoms with E-state index in [0.717, 1.165) is 0 Å². The SMILES string of the molecule is COc1csc(C(=O)Nc2ccc(C#N)cc2N)c1. The van der Waals surface area contributed by atoms with E-state index in [9.17, 15) is 4.79 Å². The summed E-state index contributed by atoms with van der Waals surface area (Å²) in [5, 5.41) is 13.2. The number of anilines is 2. The Morgan fingerprint density at radius 1 is 1.47 bits per heavy atom. The smallest absolute Gasteiger partial charge is 0.265 e. The number of hydrogen-bond donors (Lipinski definition) is 2. The summed E-state index contributed by atoms with van der Waals surface area (Å²) in [4.78, 5) is 12.5. The van der Waals surface area contributed by atoms with Crippen LogP contribution in [0, 0.1) is 11.3 Å². The van der Waals surface area contributed by atoms with Crippen molar-refractivity contribution in [3.63, 3.8) is 0 Å². The van der Waals surface area contributed by atoms with Gasteiger partial charge in [0.25, 0.3) is 5.91 Å². The minimum absolute atomic E-state index is 0.260. The van der Waals surface area contributed by atoms with Crippen molar-refractivity contribution in [3.8, 4) is 11.8 Å². The van der Waals surface area contributed by atoms with E-state index in [-0.39, 0.29) is 5.91 Å². The van der Waals surface area contributed by atoms with Crippen LogP contribution in [-0.4, -0.2) is 13.0 Å². The third-order valence-electron chi connectivity index (χ3n) is 2.46. The van der Waals surface area contributed by atoms with E-state index in [1.165, 1.54) is 17.4 Å². The Labute approximate surface area is 114 Å². The molecule has 2 rings (SSSR count). The number of hydrogen-bond acceptors (Lipinski definition) is 5. The Kier molecular flexibility index (Phi) is 3.68. The van der Waals surface area contributed by atoms with Gasteiger partial charge in [-0.3, -0.25) is 4.79 Å². The van der Waals surface area contributed by atoms with Crippen molar-refractivity contribution >= 4 is 28.6 Å². The normalized spacial score (nSPS) is 9.68. The first-order valence-corrected chi connectivity index (χ1v) is 6.25. The fourth-order valence-corrected chi connectivity index (χ4v) is 2.22. The van der Waals surface area contributed by atoms with E-state index in [1.54, 1.807) is 30.7 Å². The maximum absolute atomic E-state index is 12.0. The predicted octanol–water partition coefficient (Wildman–Crippen LogP) is 2.46. The molecule has 1 aromatic carbocycles. The van der Waals surface area contributed by atoms with Crippen molar-refractivity contribution in [1.82, 2.24) is 0 Å². The topological polar surface area (TPSA) is 88.1 Å². The van der Waals surface area contributed by atoms with Crippen molar-refractivity contribution < 1.29 is 9.53 Å². The van der Waals surface area contributed by atoms with Gasteiger partial charge in [0.1, 0.15) is 5.75 Å². The Morgan fingerprint density at radius 2 is 2.26 bits per heavy atom. The predicted molar refractivity (Wildman–Crippen MR) is 74.4 cm³/mol. The fraction of sp³-hybridized carbons (Fsp3) is 0.0769. The monoisotopic (exact) mass is 273 g/mol. The maximum atomic E-state index is 12.0. The molecule has 1 amide bonds. The van der Waals surface area contributed by atoms with Gasteiger partial charge in [-0.2, -0.15) is 5.26 Å². The molecule has 0 unspecified atom stereocenters. The average molecular weight is 273 g/mol. The number of nitrogen functional groups attached to an aromatic ring is 1. The number of carbonyl (C=O) groups excluding carboxylic acids is 1. The van der Waals surface area contributed by atoms with Crippen molar-refractivity contribution in [3.05, 3.63) is 40.1 Å². The molecule has 0 aliphatic heterocycles. The number of nitriles is 1. The fourth-order valence-electron chi connectivity index (χ4n) is 1.47. The number of nitrogens with one attached hydrogen (secondary N) is 1. The highest BCUT2D eigenvalue weighted by molar-refractivity contribution is 7.12. The third kappa shape index (κ3) is 2.84. The first-order chi connectivity index (χ1) is 9.13. The molecule has 6 heteroatoms. The molecule has 0 saturated carbocycles. The Balaban J connectivity index is 2.17. The van der Waals surface area contributed by atoms with Gasteiger partial charge >= 0.3 is 0 Å². The highest BCUT2D eigenvalue weighted by Gasteiger charge is 2.11. The zero-order valence-electron chi connectivity index (χ0n) is 10.1. The van der Waals surface area contributed by atoms with Crippen molar-refractivity contribution in [2.45, 2.75) is 0 Å². The Bertz CT molecular complexity index is 658. The molecule has 96 valence electrons. The molecule has 1 aromatic heterocycles. The lowest BCUT2D eigenvalue weighted by atomic mass is 10.2. The van der Waals surface area contributed by atoms with Gasteiger partial charge in [-0.1, -0.05) is 0 Å². The third-order valence-corrected chi connectivity index (χ3v) is 3.37. The van der Waals surface area contributed by atoms with Crippen molar-refractivity contribution in [2.75, 3.05) is 18.2 Å². The summed E-state index contributed by atoms with van der Waals surface area (Å²) in [5.41, 5.74) is 7.06. The molecule has 2 aromatic rings. The van der Waals surface area contributed by atoms with Crippen LogP contribution in [0.5, 0.6) is 5.75 Å². The summed E-state index contributed by atoms with van der Waals surface area (Å²) in [7, 11) is 1.54. The molecule has 0 aliphatic rings. The highest BCUT2D eigenvalue weighted by Crippen LogP contribution is 2.24. The molecular formula is C13H11N3O2S. The van der Waals surface area contributed by atoms with Crippen molar-refractivity contribution in [1.29, 1.82) is 5.26 Å². The molecule has 0 fully saturated rings. The van der Waals surface area contributed by atoms with Crippen molar-refractivity contribution in [2.24, 2.45) is 0 Å². The number of carbonyl (C=O) groups is 1. The van der Waals surface area contributed by atoms with Gasteiger partial charge in [0.2, 0.25) is 0 Å². The van der Waals surface area contributed by atoms with Crippen LogP contribution in [0.2, 0.25) is 0 Å². The minimum atomic E-state index is -0.260. The molecule has 0 atom stereocenters. The quantitative estimate of drug-likeness (QED) is 0.841. The summed E-state index contributed by atoms with van der Waals surface area (Å²) >= 11 is 1.28. The highest BCUT2D eigenvalue weighted by atomic mass is 32.1. The first-order valence-electron chi connectivity index (χ1n) is 5.37. The zero-order chi connectivity index (χ0) is 13.8. The number of ether oxygens (including phenoxy) is 1. The van der Waals surface area contributed by atoms with Crippen LogP contribution in [0.25, 0.3) is 0 Å². The molecule has 0 aliphatic carbocycles. The lowest BCUT2D eigenvalue weighted by Gasteiger charge is -2.07. The van der Waals surface area contributed by atoms with E-state index >= 15 is 0 Å². The van der Waals surface area contributed by atoms with E-state index in [4.69, 9.17) is 15.7 Å². The van der Waals surface area contributed by atoms with Gasteiger partial charge in [-0.05, 0) is 18.2 Å². The standard InChI is InChI=1S/C13H11N3O2S/c1-18-9-5-12(19-7-9)13(17)16-11-3-2-8(6-14)4-10(11)15/h2-5,7H,15H2,1H3,(H,16,17). The Morgan fingerprint density at radius 3 is 2.84 bits per heavy atom. The molecule has 19 heavy (non-hydrogen) atoms. The van der Waals surface area contributed by atoms with E-state index in [0.29, 0.717) is 27.6 Å². The van der Waals surface area contributed by atoms with Crippen LogP contribution in [0.4, 0.5) is 11.4 Å². The summed E-state index contributed by atoms with van der Waals surface area (Å²) in [5.74, 6) is 0.382. The van der Waals surface area contributed by atoms with Crippen LogP contribution in [0.1, 0.15) is 15.2 Å². The number of benzene rings is 1. The van der Waals surface area contributed by atoms with Gasteiger partial charge in [0.05, 0.1) is 35.0 Å². The zero-order valence-corrected chi connectivity index (χ0v) is 11.0. The molecule has 0 radical (unpaired) electrons. The largest absolute Gasteiger partial charge is 0.496 e. The second-order valence-corrected chi connectivity index (χ2v) is 4.63. The molecule has 0 spiro atoms. The van der Waals surface area contributed by atoms with E-state index in [2.05, 4.69) is 5.32 Å². The molecule has 5 nitrogen and oxygen atoms in total. The lowest BCUT2D eigenvalue weighted by Crippen LogP contribution is -2.11. The second-order valence-electron chi connectivity index (χ2n) is 3.72. The summed E-state index contributed by atoms with van der Waals surface area (Å²) in [6.07, 6.45) is 0. The van der Waals surface area contributed by atoms with Crippen LogP contribution in [0.3, 0.4) is 0 Å². The lowest BCUT2D eigenvalue weighted by molar-refractivity contribution is 0.103. The average Bonchev–Trinajstić information content (AvgIpc) is 2.90. The van der Waals surface area contributed by atoms with E-state index in [1.807, 2.05) is 6.07 Å². The van der Waals surface area contributed by atoms with Gasteiger partial charge in [-0.15, -0.1) is 11.3 Å². The second kappa shape index (κ2) is 5.42. The van der Waals surface area contributed by atoms with Crippen LogP contribution >= 0.6 is 11.3 Å². The van der Waals surface area contributed by atoms with E-state index < -0.39 is 0 Å². The number of methoxy groups -OCH3 is 1. The number of amides is 1. The molecule has 0 saturated heterocycles. The number of rotatable bonds is 3. The summed E-state index contributed by atoms with van der Waals surface area (Å²) < 4.78 is 5.02. The van der Waals surface area contributed by atoms with Gasteiger partial charge in [0.15, 0.2) is 0 Å². The van der Waals surface area contributed by atoms with Crippen LogP contribution < -0.4 is 15.8 Å². The minimum Gasteiger partial charge on any atom is -0.496 e. The van der Waals surface area contributed by atoms with Gasteiger partial charge in [0, 0.05) is 11.4 Å². The molecular weight excluding hydrogens is 262 g/mol. The van der Waals surface area contributed by atoms with Gasteiger partial charge < -0.3 is 15.8 Å². The summed E-state index contributed by atoms with van der Waals surface area (Å²) in [6, 6.07) is 8.36. The molecule has 0 bridgehead atoms. The number of thiophene rings is 1.